The molecule has 2 bridgehead atoms. The summed E-state index contributed by atoms with van der Waals surface area (Å²) in [5.41, 5.74) is 1.28. The second-order valence-electron chi connectivity index (χ2n) is 9.55. The van der Waals surface area contributed by atoms with Gasteiger partial charge in [-0.2, -0.15) is 0 Å². The average Bonchev–Trinajstić information content (AvgIpc) is 3.59. The number of fused-ring (bicyclic) bond motifs is 5. The van der Waals surface area contributed by atoms with Gasteiger partial charge in [-0.1, -0.05) is 18.2 Å². The van der Waals surface area contributed by atoms with Gasteiger partial charge in [-0.15, -0.1) is 0 Å². The number of ether oxygens (including phenoxy) is 1. The number of anilines is 2. The van der Waals surface area contributed by atoms with E-state index >= 15 is 0 Å². The minimum atomic E-state index is -0.547. The first-order chi connectivity index (χ1) is 16.0. The molecule has 0 spiro atoms. The second kappa shape index (κ2) is 7.54. The summed E-state index contributed by atoms with van der Waals surface area (Å²) < 4.78 is 5.51. The zero-order chi connectivity index (χ0) is 22.7. The molecule has 0 radical (unpaired) electrons. The summed E-state index contributed by atoms with van der Waals surface area (Å²) in [6, 6.07) is 15.8. The molecule has 2 heterocycles. The van der Waals surface area contributed by atoms with Gasteiger partial charge in [0, 0.05) is 18.7 Å². The largest absolute Gasteiger partial charge is 0.426 e. The Morgan fingerprint density at radius 1 is 0.818 bits per heavy atom. The van der Waals surface area contributed by atoms with Gasteiger partial charge in [-0.3, -0.25) is 24.1 Å². The van der Waals surface area contributed by atoms with E-state index in [-0.39, 0.29) is 42.5 Å². The van der Waals surface area contributed by atoms with Crippen molar-refractivity contribution in [2.45, 2.75) is 25.7 Å². The fraction of sp³-hybridized carbons (Fsp3) is 0.385. The van der Waals surface area contributed by atoms with Crippen LogP contribution >= 0.6 is 0 Å². The lowest BCUT2D eigenvalue weighted by atomic mass is 9.81. The van der Waals surface area contributed by atoms with Crippen molar-refractivity contribution in [2.24, 2.45) is 29.6 Å². The Hall–Kier alpha value is -3.48. The van der Waals surface area contributed by atoms with Gasteiger partial charge in [0.1, 0.15) is 5.75 Å². The summed E-state index contributed by atoms with van der Waals surface area (Å²) in [5.74, 6) is -0.625. The number of carbonyl (C=O) groups excluding carboxylic acids is 4. The zero-order valence-electron chi connectivity index (χ0n) is 18.1. The minimum absolute atomic E-state index is 0.0904. The molecule has 5 atom stereocenters. The molecule has 0 N–H and O–H groups in total. The molecular weight excluding hydrogens is 420 g/mol. The Labute approximate surface area is 191 Å². The molecule has 33 heavy (non-hydrogen) atoms. The third-order valence-corrected chi connectivity index (χ3v) is 7.77. The summed E-state index contributed by atoms with van der Waals surface area (Å²) in [6.07, 6.45) is 3.19. The van der Waals surface area contributed by atoms with Crippen LogP contribution in [0.3, 0.4) is 0 Å². The van der Waals surface area contributed by atoms with E-state index < -0.39 is 11.9 Å². The Balaban J connectivity index is 1.13. The van der Waals surface area contributed by atoms with E-state index in [1.54, 1.807) is 29.2 Å². The van der Waals surface area contributed by atoms with Crippen LogP contribution < -0.4 is 14.5 Å². The Kier molecular flexibility index (Phi) is 4.60. The number of hydrogen-bond donors (Lipinski definition) is 0. The second-order valence-corrected chi connectivity index (χ2v) is 9.55. The van der Waals surface area contributed by atoms with Crippen molar-refractivity contribution in [3.63, 3.8) is 0 Å². The van der Waals surface area contributed by atoms with Crippen LogP contribution in [0.25, 0.3) is 0 Å². The van der Waals surface area contributed by atoms with E-state index in [0.717, 1.165) is 24.9 Å². The lowest BCUT2D eigenvalue weighted by Crippen LogP contribution is -2.32. The maximum atomic E-state index is 13.0. The molecule has 3 amide bonds. The number of para-hydroxylation sites is 1. The summed E-state index contributed by atoms with van der Waals surface area (Å²) in [6.45, 7) is 0.279. The first kappa shape index (κ1) is 20.1. The molecule has 0 unspecified atom stereocenters. The maximum Gasteiger partial charge on any atom is 0.316 e. The van der Waals surface area contributed by atoms with Crippen molar-refractivity contribution < 1.29 is 23.9 Å². The molecule has 2 aromatic rings. The van der Waals surface area contributed by atoms with Crippen LogP contribution in [-0.4, -0.2) is 30.2 Å². The fourth-order valence-electron chi connectivity index (χ4n) is 6.25. The van der Waals surface area contributed by atoms with Crippen LogP contribution in [0.2, 0.25) is 0 Å². The molecule has 7 nitrogen and oxygen atoms in total. The monoisotopic (exact) mass is 444 g/mol. The van der Waals surface area contributed by atoms with Crippen LogP contribution in [0, 0.1) is 29.6 Å². The summed E-state index contributed by atoms with van der Waals surface area (Å²) in [5, 5.41) is 0. The molecule has 2 aromatic carbocycles. The standard InChI is InChI=1S/C26H24N2O5/c29-21-13-17(14-27(21)18-4-2-1-3-5-18)26(32)33-20-10-8-19(9-11-20)28-24(30)22-15-6-7-16(12-15)23(22)25(28)31/h1-5,8-11,15-17,22-23H,6-7,12-14H2/t15-,16-,17-,22+,23+/m0/s1. The van der Waals surface area contributed by atoms with Crippen molar-refractivity contribution in [2.75, 3.05) is 16.3 Å². The highest BCUT2D eigenvalue weighted by molar-refractivity contribution is 6.22. The molecule has 168 valence electrons. The quantitative estimate of drug-likeness (QED) is 0.411. The number of imide groups is 1. The number of hydrogen-bond acceptors (Lipinski definition) is 5. The van der Waals surface area contributed by atoms with Crippen molar-refractivity contribution in [3.05, 3.63) is 54.6 Å². The van der Waals surface area contributed by atoms with Gasteiger partial charge in [-0.05, 0) is 67.5 Å². The van der Waals surface area contributed by atoms with E-state index in [4.69, 9.17) is 4.74 Å². The van der Waals surface area contributed by atoms with Gasteiger partial charge in [-0.25, -0.2) is 0 Å². The highest BCUT2D eigenvalue weighted by Gasteiger charge is 2.61. The smallest absolute Gasteiger partial charge is 0.316 e. The zero-order valence-corrected chi connectivity index (χ0v) is 18.1. The van der Waals surface area contributed by atoms with Gasteiger partial charge in [0.25, 0.3) is 0 Å². The summed E-state index contributed by atoms with van der Waals surface area (Å²) in [4.78, 5) is 53.9. The lowest BCUT2D eigenvalue weighted by Gasteiger charge is -2.19. The van der Waals surface area contributed by atoms with E-state index in [9.17, 15) is 19.2 Å². The highest BCUT2D eigenvalue weighted by atomic mass is 16.5. The molecule has 0 aromatic heterocycles. The number of amides is 3. The van der Waals surface area contributed by atoms with Crippen LogP contribution in [-0.2, 0) is 19.2 Å². The van der Waals surface area contributed by atoms with Crippen LogP contribution in [0.5, 0.6) is 5.75 Å². The topological polar surface area (TPSA) is 84.0 Å². The molecule has 2 saturated heterocycles. The fourth-order valence-corrected chi connectivity index (χ4v) is 6.25. The third-order valence-electron chi connectivity index (χ3n) is 7.77. The van der Waals surface area contributed by atoms with Crippen molar-refractivity contribution in [3.8, 4) is 5.75 Å². The first-order valence-corrected chi connectivity index (χ1v) is 11.6. The van der Waals surface area contributed by atoms with Gasteiger partial charge in [0.15, 0.2) is 0 Å². The van der Waals surface area contributed by atoms with E-state index in [0.29, 0.717) is 23.3 Å². The molecule has 4 fully saturated rings. The van der Waals surface area contributed by atoms with E-state index in [1.807, 2.05) is 30.3 Å². The third kappa shape index (κ3) is 3.17. The van der Waals surface area contributed by atoms with Gasteiger partial charge in [0.2, 0.25) is 17.7 Å². The highest BCUT2D eigenvalue weighted by Crippen LogP contribution is 2.56. The average molecular weight is 444 g/mol. The van der Waals surface area contributed by atoms with Crippen molar-refractivity contribution in [1.29, 1.82) is 0 Å². The van der Waals surface area contributed by atoms with Gasteiger partial charge >= 0.3 is 5.97 Å². The predicted molar refractivity (Wildman–Crippen MR) is 119 cm³/mol. The molecule has 6 rings (SSSR count). The van der Waals surface area contributed by atoms with E-state index in [1.165, 1.54) is 4.90 Å². The summed E-state index contributed by atoms with van der Waals surface area (Å²) >= 11 is 0. The molecule has 2 aliphatic carbocycles. The minimum Gasteiger partial charge on any atom is -0.426 e. The Morgan fingerprint density at radius 3 is 2.09 bits per heavy atom. The van der Waals surface area contributed by atoms with Gasteiger partial charge < -0.3 is 9.64 Å². The van der Waals surface area contributed by atoms with Gasteiger partial charge in [0.05, 0.1) is 23.4 Å². The Bertz CT molecular complexity index is 1120. The normalized spacial score (nSPS) is 30.3. The molecule has 4 aliphatic rings. The van der Waals surface area contributed by atoms with Crippen molar-refractivity contribution >= 4 is 35.1 Å². The SMILES string of the molecule is O=C(Oc1ccc(N2C(=O)[C@@H]3[C@H]4CC[C@@H](C4)[C@H]3C2=O)cc1)[C@H]1CC(=O)N(c2ccccc2)C1. The van der Waals surface area contributed by atoms with Crippen LogP contribution in [0.15, 0.2) is 54.6 Å². The number of nitrogens with zero attached hydrogens (tertiary/aromatic N) is 2. The lowest BCUT2D eigenvalue weighted by molar-refractivity contribution is -0.139. The molecular formula is C26H24N2O5. The molecule has 7 heteroatoms. The number of esters is 1. The molecule has 2 saturated carbocycles. The van der Waals surface area contributed by atoms with Crippen LogP contribution in [0.4, 0.5) is 11.4 Å². The predicted octanol–water partition coefficient (Wildman–Crippen LogP) is 3.18. The maximum absolute atomic E-state index is 13.0. The molecule has 2 aliphatic heterocycles. The first-order valence-electron chi connectivity index (χ1n) is 11.6. The Morgan fingerprint density at radius 2 is 1.45 bits per heavy atom. The number of benzene rings is 2. The van der Waals surface area contributed by atoms with Crippen LogP contribution in [0.1, 0.15) is 25.7 Å². The van der Waals surface area contributed by atoms with E-state index in [2.05, 4.69) is 0 Å². The summed E-state index contributed by atoms with van der Waals surface area (Å²) in [7, 11) is 0. The number of rotatable bonds is 4. The number of carbonyl (C=O) groups is 4. The van der Waals surface area contributed by atoms with Crippen molar-refractivity contribution in [1.82, 2.24) is 0 Å².